The van der Waals surface area contributed by atoms with Crippen LogP contribution in [0, 0.1) is 0 Å². The number of aryl methyl sites for hydroxylation is 1. The maximum absolute atomic E-state index is 13.8. The average Bonchev–Trinajstić information content (AvgIpc) is 3.50. The van der Waals surface area contributed by atoms with Crippen molar-refractivity contribution in [2.24, 2.45) is 0 Å². The normalized spacial score (nSPS) is 16.6. The van der Waals surface area contributed by atoms with Gasteiger partial charge in [-0.25, -0.2) is 4.79 Å². The number of fused-ring (bicyclic) bond motifs is 5. The molecule has 2 amide bonds. The zero-order chi connectivity index (χ0) is 23.8. The molecule has 0 radical (unpaired) electrons. The highest BCUT2D eigenvalue weighted by Crippen LogP contribution is 2.44. The van der Waals surface area contributed by atoms with Gasteiger partial charge in [-0.3, -0.25) is 0 Å². The average molecular weight is 484 g/mol. The van der Waals surface area contributed by atoms with E-state index in [-0.39, 0.29) is 12.1 Å². The Hall–Kier alpha value is -3.51. The Kier molecular flexibility index (Phi) is 5.82. The van der Waals surface area contributed by atoms with Crippen molar-refractivity contribution in [2.75, 3.05) is 7.11 Å². The molecule has 1 aliphatic heterocycles. The zero-order valence-corrected chi connectivity index (χ0v) is 20.7. The summed E-state index contributed by atoms with van der Waals surface area (Å²) in [7, 11) is 1.68. The van der Waals surface area contributed by atoms with Crippen molar-refractivity contribution in [1.82, 2.24) is 14.8 Å². The van der Waals surface area contributed by atoms with Gasteiger partial charge < -0.3 is 19.5 Å². The molecule has 0 saturated heterocycles. The molecule has 0 spiro atoms. The second-order valence-electron chi connectivity index (χ2n) is 9.25. The van der Waals surface area contributed by atoms with Gasteiger partial charge in [-0.2, -0.15) is 0 Å². The summed E-state index contributed by atoms with van der Waals surface area (Å²) >= 11 is 1.91. The number of nitrogens with zero attached hydrogens (tertiary/aromatic N) is 2. The minimum absolute atomic E-state index is 0.0500. The number of nitrogens with one attached hydrogen (secondary N) is 1. The Morgan fingerprint density at radius 1 is 1.00 bits per heavy atom. The van der Waals surface area contributed by atoms with Crippen molar-refractivity contribution < 1.29 is 9.53 Å². The fraction of sp³-hybridized carbons (Fsp3) is 0.276. The second-order valence-corrected chi connectivity index (χ2v) is 10.3. The van der Waals surface area contributed by atoms with E-state index in [4.69, 9.17) is 4.74 Å². The molecule has 178 valence electrons. The van der Waals surface area contributed by atoms with Crippen LogP contribution in [0.2, 0.25) is 0 Å². The zero-order valence-electron chi connectivity index (χ0n) is 19.9. The molecule has 35 heavy (non-hydrogen) atoms. The van der Waals surface area contributed by atoms with Crippen LogP contribution in [0.4, 0.5) is 4.79 Å². The number of carbonyl (C=O) groups is 1. The van der Waals surface area contributed by atoms with Crippen LogP contribution >= 0.6 is 11.3 Å². The third-order valence-electron chi connectivity index (χ3n) is 7.16. The van der Waals surface area contributed by atoms with Crippen LogP contribution < -0.4 is 10.1 Å². The molecule has 6 rings (SSSR count). The van der Waals surface area contributed by atoms with Gasteiger partial charge in [0.15, 0.2) is 0 Å². The molecule has 2 aromatic heterocycles. The minimum Gasteiger partial charge on any atom is -0.497 e. The number of hydrogen-bond donors (Lipinski definition) is 1. The number of urea groups is 1. The molecule has 1 aliphatic carbocycles. The molecule has 5 nitrogen and oxygen atoms in total. The van der Waals surface area contributed by atoms with Gasteiger partial charge in [-0.1, -0.05) is 42.5 Å². The maximum Gasteiger partial charge on any atom is 0.318 e. The first-order chi connectivity index (χ1) is 17.2. The highest BCUT2D eigenvalue weighted by molar-refractivity contribution is 7.15. The van der Waals surface area contributed by atoms with Gasteiger partial charge >= 0.3 is 6.03 Å². The Morgan fingerprint density at radius 2 is 1.80 bits per heavy atom. The highest BCUT2D eigenvalue weighted by Gasteiger charge is 2.36. The molecular formula is C29H29N3O2S. The monoisotopic (exact) mass is 483 g/mol. The summed E-state index contributed by atoms with van der Waals surface area (Å²) in [5.74, 6) is 0.811. The molecule has 2 aromatic carbocycles. The number of ether oxygens (including phenoxy) is 1. The van der Waals surface area contributed by atoms with E-state index in [1.807, 2.05) is 58.7 Å². The lowest BCUT2D eigenvalue weighted by atomic mass is 9.95. The molecule has 1 atom stereocenters. The SMILES string of the molecule is COc1ccc([C@H]2c3cccn3-c3sc4c(c3CN2C(=O)NCc2ccccc2)CCCC4)cc1. The van der Waals surface area contributed by atoms with E-state index < -0.39 is 0 Å². The summed E-state index contributed by atoms with van der Waals surface area (Å²) in [4.78, 5) is 17.4. The summed E-state index contributed by atoms with van der Waals surface area (Å²) in [6, 6.07) is 22.2. The third-order valence-corrected chi connectivity index (χ3v) is 8.49. The van der Waals surface area contributed by atoms with Crippen molar-refractivity contribution in [3.63, 3.8) is 0 Å². The van der Waals surface area contributed by atoms with Gasteiger partial charge in [0.2, 0.25) is 0 Å². The van der Waals surface area contributed by atoms with Crippen LogP contribution in [-0.4, -0.2) is 22.6 Å². The number of thiophene rings is 1. The Morgan fingerprint density at radius 3 is 2.60 bits per heavy atom. The van der Waals surface area contributed by atoms with Gasteiger partial charge in [-0.05, 0) is 66.6 Å². The van der Waals surface area contributed by atoms with Gasteiger partial charge in [-0.15, -0.1) is 11.3 Å². The van der Waals surface area contributed by atoms with Crippen molar-refractivity contribution in [1.29, 1.82) is 0 Å². The number of carbonyl (C=O) groups excluding carboxylic acids is 1. The quantitative estimate of drug-likeness (QED) is 0.373. The van der Waals surface area contributed by atoms with Crippen molar-refractivity contribution in [3.8, 4) is 10.8 Å². The molecule has 2 aliphatic rings. The van der Waals surface area contributed by atoms with E-state index in [9.17, 15) is 4.79 Å². The number of hydrogen-bond acceptors (Lipinski definition) is 3. The number of aromatic nitrogens is 1. The largest absolute Gasteiger partial charge is 0.497 e. The van der Waals surface area contributed by atoms with Gasteiger partial charge in [0, 0.05) is 23.2 Å². The lowest BCUT2D eigenvalue weighted by Crippen LogP contribution is -2.41. The third kappa shape index (κ3) is 4.02. The van der Waals surface area contributed by atoms with Gasteiger partial charge in [0.25, 0.3) is 0 Å². The number of benzene rings is 2. The van der Waals surface area contributed by atoms with Crippen molar-refractivity contribution in [2.45, 2.75) is 44.8 Å². The predicted octanol–water partition coefficient (Wildman–Crippen LogP) is 6.24. The van der Waals surface area contributed by atoms with E-state index in [0.717, 1.165) is 35.4 Å². The van der Waals surface area contributed by atoms with E-state index in [1.54, 1.807) is 7.11 Å². The fourth-order valence-corrected chi connectivity index (χ4v) is 6.80. The summed E-state index contributed by atoms with van der Waals surface area (Å²) in [6.45, 7) is 1.10. The first-order valence-electron chi connectivity index (χ1n) is 12.3. The number of rotatable bonds is 4. The first kappa shape index (κ1) is 22.0. The molecule has 3 heterocycles. The smallest absolute Gasteiger partial charge is 0.318 e. The van der Waals surface area contributed by atoms with E-state index in [0.29, 0.717) is 13.1 Å². The first-order valence-corrected chi connectivity index (χ1v) is 13.1. The van der Waals surface area contributed by atoms with Gasteiger partial charge in [0.1, 0.15) is 10.8 Å². The summed E-state index contributed by atoms with van der Waals surface area (Å²) in [6.07, 6.45) is 6.87. The van der Waals surface area contributed by atoms with Crippen LogP contribution in [0.15, 0.2) is 72.9 Å². The van der Waals surface area contributed by atoms with Crippen LogP contribution in [-0.2, 0) is 25.9 Å². The van der Waals surface area contributed by atoms with E-state index in [2.05, 4.69) is 40.3 Å². The minimum atomic E-state index is -0.203. The van der Waals surface area contributed by atoms with Crippen LogP contribution in [0.1, 0.15) is 51.7 Å². The molecule has 4 aromatic rings. The molecule has 0 unspecified atom stereocenters. The van der Waals surface area contributed by atoms with E-state index >= 15 is 0 Å². The number of methoxy groups -OCH3 is 1. The predicted molar refractivity (Wildman–Crippen MR) is 139 cm³/mol. The summed E-state index contributed by atoms with van der Waals surface area (Å²) in [5.41, 5.74) is 6.06. The lowest BCUT2D eigenvalue weighted by Gasteiger charge is -2.31. The molecular weight excluding hydrogens is 454 g/mol. The fourth-order valence-electron chi connectivity index (χ4n) is 5.40. The molecule has 0 fully saturated rings. The summed E-state index contributed by atoms with van der Waals surface area (Å²) < 4.78 is 7.72. The van der Waals surface area contributed by atoms with E-state index in [1.165, 1.54) is 33.8 Å². The Bertz CT molecular complexity index is 1340. The van der Waals surface area contributed by atoms with Crippen molar-refractivity contribution in [3.05, 3.63) is 106 Å². The maximum atomic E-state index is 13.8. The molecule has 0 saturated carbocycles. The Labute approximate surface area is 210 Å². The summed E-state index contributed by atoms with van der Waals surface area (Å²) in [5, 5.41) is 4.47. The van der Waals surface area contributed by atoms with Crippen molar-refractivity contribution >= 4 is 17.4 Å². The molecule has 0 bridgehead atoms. The molecule has 1 N–H and O–H groups in total. The second kappa shape index (κ2) is 9.27. The number of amides is 2. The van der Waals surface area contributed by atoms with Crippen LogP contribution in [0.25, 0.3) is 5.00 Å². The topological polar surface area (TPSA) is 46.5 Å². The van der Waals surface area contributed by atoms with Gasteiger partial charge in [0.05, 0.1) is 25.4 Å². The lowest BCUT2D eigenvalue weighted by molar-refractivity contribution is 0.180. The van der Waals surface area contributed by atoms with Crippen LogP contribution in [0.5, 0.6) is 5.75 Å². The Balaban J connectivity index is 1.44. The van der Waals surface area contributed by atoms with Crippen LogP contribution in [0.3, 0.4) is 0 Å². The standard InChI is InChI=1S/C29H29N3O2S/c1-34-22-15-13-21(14-16-22)27-25-11-7-17-31(25)28-24(23-10-5-6-12-26(23)35-28)19-32(27)29(33)30-18-20-8-3-2-4-9-20/h2-4,7-9,11,13-17,27H,5-6,10,12,18-19H2,1H3,(H,30,33)/t27-/m0/s1. The molecule has 6 heteroatoms. The highest BCUT2D eigenvalue weighted by atomic mass is 32.1.